The average Bonchev–Trinajstić information content (AvgIpc) is 2.50. The minimum atomic E-state index is 0.00723. The molecule has 2 aromatic rings. The fraction of sp³-hybridized carbons (Fsp3) is 0.250. The molecule has 0 aliphatic heterocycles. The number of anilines is 3. The number of carbonyl (C=O) groups is 1. The predicted molar refractivity (Wildman–Crippen MR) is 84.1 cm³/mol. The lowest BCUT2D eigenvalue weighted by Crippen LogP contribution is -2.10. The number of aromatic nitrogens is 1. The third-order valence-corrected chi connectivity index (χ3v) is 2.87. The van der Waals surface area contributed by atoms with Gasteiger partial charge in [-0.2, -0.15) is 0 Å². The number of methoxy groups -OCH3 is 1. The van der Waals surface area contributed by atoms with Crippen molar-refractivity contribution in [3.05, 3.63) is 42.6 Å². The molecule has 2 rings (SSSR count). The van der Waals surface area contributed by atoms with E-state index in [0.717, 1.165) is 17.9 Å². The fourth-order valence-electron chi connectivity index (χ4n) is 1.84. The molecule has 1 aromatic carbocycles. The van der Waals surface area contributed by atoms with Gasteiger partial charge in [-0.15, -0.1) is 0 Å². The summed E-state index contributed by atoms with van der Waals surface area (Å²) in [5.74, 6) is 1.49. The molecule has 0 fully saturated rings. The summed E-state index contributed by atoms with van der Waals surface area (Å²) >= 11 is 0. The topological polar surface area (TPSA) is 63.2 Å². The number of benzene rings is 1. The summed E-state index contributed by atoms with van der Waals surface area (Å²) in [6.45, 7) is 1.97. The van der Waals surface area contributed by atoms with Crippen molar-refractivity contribution in [3.63, 3.8) is 0 Å². The summed E-state index contributed by atoms with van der Waals surface area (Å²) < 4.78 is 5.17. The first-order valence-corrected chi connectivity index (χ1v) is 6.88. The zero-order valence-corrected chi connectivity index (χ0v) is 12.2. The molecule has 0 saturated carbocycles. The largest absolute Gasteiger partial charge is 0.497 e. The normalized spacial score (nSPS) is 10.0. The van der Waals surface area contributed by atoms with E-state index in [1.165, 1.54) is 0 Å². The maximum absolute atomic E-state index is 11.5. The summed E-state index contributed by atoms with van der Waals surface area (Å²) in [5, 5.41) is 5.98. The average molecular weight is 285 g/mol. The number of hydrogen-bond donors (Lipinski definition) is 2. The van der Waals surface area contributed by atoms with Crippen molar-refractivity contribution in [2.24, 2.45) is 0 Å². The molecular formula is C16H19N3O2. The molecule has 0 saturated heterocycles. The molecule has 1 heterocycles. The number of ether oxygens (including phenoxy) is 1. The first-order valence-electron chi connectivity index (χ1n) is 6.88. The van der Waals surface area contributed by atoms with Crippen molar-refractivity contribution in [2.75, 3.05) is 17.7 Å². The third-order valence-electron chi connectivity index (χ3n) is 2.87. The number of nitrogens with one attached hydrogen (secondary N) is 2. The van der Waals surface area contributed by atoms with Gasteiger partial charge in [-0.25, -0.2) is 4.98 Å². The second kappa shape index (κ2) is 7.28. The highest BCUT2D eigenvalue weighted by molar-refractivity contribution is 5.90. The molecule has 0 aliphatic rings. The zero-order chi connectivity index (χ0) is 15.1. The van der Waals surface area contributed by atoms with Crippen LogP contribution in [0.2, 0.25) is 0 Å². The molecular weight excluding hydrogens is 266 g/mol. The second-order valence-electron chi connectivity index (χ2n) is 4.59. The van der Waals surface area contributed by atoms with Gasteiger partial charge in [0.25, 0.3) is 0 Å². The van der Waals surface area contributed by atoms with Crippen LogP contribution in [0.25, 0.3) is 0 Å². The van der Waals surface area contributed by atoms with Crippen LogP contribution in [0.5, 0.6) is 5.75 Å². The van der Waals surface area contributed by atoms with Crippen molar-refractivity contribution in [2.45, 2.75) is 19.8 Å². The van der Waals surface area contributed by atoms with Gasteiger partial charge in [0.15, 0.2) is 0 Å². The molecule has 1 aromatic heterocycles. The van der Waals surface area contributed by atoms with E-state index in [0.29, 0.717) is 17.9 Å². The standard InChI is InChI=1S/C16H19N3O2/c1-3-5-16(20)19-13-8-9-15(17-11-13)18-12-6-4-7-14(10-12)21-2/h4,6-11H,3,5H2,1-2H3,(H,17,18)(H,19,20). The molecule has 0 radical (unpaired) electrons. The highest BCUT2D eigenvalue weighted by Gasteiger charge is 2.02. The Morgan fingerprint density at radius 1 is 1.24 bits per heavy atom. The van der Waals surface area contributed by atoms with E-state index in [1.807, 2.05) is 43.3 Å². The van der Waals surface area contributed by atoms with Crippen LogP contribution in [-0.4, -0.2) is 18.0 Å². The Kier molecular flexibility index (Phi) is 5.15. The van der Waals surface area contributed by atoms with E-state index in [9.17, 15) is 4.79 Å². The number of amides is 1. The molecule has 5 nitrogen and oxygen atoms in total. The molecule has 0 aliphatic carbocycles. The maximum atomic E-state index is 11.5. The first kappa shape index (κ1) is 14.8. The van der Waals surface area contributed by atoms with E-state index in [2.05, 4.69) is 15.6 Å². The van der Waals surface area contributed by atoms with Gasteiger partial charge in [0.1, 0.15) is 11.6 Å². The Morgan fingerprint density at radius 3 is 2.76 bits per heavy atom. The predicted octanol–water partition coefficient (Wildman–Crippen LogP) is 3.57. The summed E-state index contributed by atoms with van der Waals surface area (Å²) in [4.78, 5) is 15.8. The Labute approximate surface area is 124 Å². The van der Waals surface area contributed by atoms with Crippen LogP contribution >= 0.6 is 0 Å². The monoisotopic (exact) mass is 285 g/mol. The van der Waals surface area contributed by atoms with Crippen molar-refractivity contribution >= 4 is 23.1 Å². The molecule has 0 bridgehead atoms. The van der Waals surface area contributed by atoms with Crippen LogP contribution in [0.3, 0.4) is 0 Å². The highest BCUT2D eigenvalue weighted by Crippen LogP contribution is 2.20. The van der Waals surface area contributed by atoms with Gasteiger partial charge in [-0.05, 0) is 30.7 Å². The summed E-state index contributed by atoms with van der Waals surface area (Å²) in [7, 11) is 1.63. The van der Waals surface area contributed by atoms with Crippen molar-refractivity contribution in [1.82, 2.24) is 4.98 Å². The summed E-state index contributed by atoms with van der Waals surface area (Å²) in [6, 6.07) is 11.2. The summed E-state index contributed by atoms with van der Waals surface area (Å²) in [6.07, 6.45) is 2.98. The van der Waals surface area contributed by atoms with Crippen LogP contribution in [0.4, 0.5) is 17.2 Å². The molecule has 0 atom stereocenters. The van der Waals surface area contributed by atoms with E-state index in [4.69, 9.17) is 4.74 Å². The molecule has 1 amide bonds. The van der Waals surface area contributed by atoms with Crippen molar-refractivity contribution < 1.29 is 9.53 Å². The Bertz CT molecular complexity index is 597. The van der Waals surface area contributed by atoms with E-state index in [-0.39, 0.29) is 5.91 Å². The molecule has 0 unspecified atom stereocenters. The fourth-order valence-corrected chi connectivity index (χ4v) is 1.84. The van der Waals surface area contributed by atoms with Crippen LogP contribution in [0, 0.1) is 0 Å². The number of rotatable bonds is 6. The Hall–Kier alpha value is -2.56. The van der Waals surface area contributed by atoms with E-state index in [1.54, 1.807) is 13.3 Å². The van der Waals surface area contributed by atoms with Crippen molar-refractivity contribution in [1.29, 1.82) is 0 Å². The van der Waals surface area contributed by atoms with Crippen molar-refractivity contribution in [3.8, 4) is 5.75 Å². The SMILES string of the molecule is CCCC(=O)Nc1ccc(Nc2cccc(OC)c2)nc1. The minimum absolute atomic E-state index is 0.00723. The first-order chi connectivity index (χ1) is 10.2. The van der Waals surface area contributed by atoms with Crippen LogP contribution < -0.4 is 15.4 Å². The Morgan fingerprint density at radius 2 is 2.10 bits per heavy atom. The van der Waals surface area contributed by atoms with Gasteiger partial charge in [0.05, 0.1) is 19.0 Å². The van der Waals surface area contributed by atoms with E-state index < -0.39 is 0 Å². The minimum Gasteiger partial charge on any atom is -0.497 e. The lowest BCUT2D eigenvalue weighted by atomic mass is 10.3. The maximum Gasteiger partial charge on any atom is 0.224 e. The smallest absolute Gasteiger partial charge is 0.224 e. The lowest BCUT2D eigenvalue weighted by molar-refractivity contribution is -0.116. The number of nitrogens with zero attached hydrogens (tertiary/aromatic N) is 1. The quantitative estimate of drug-likeness (QED) is 0.851. The van der Waals surface area contributed by atoms with E-state index >= 15 is 0 Å². The third kappa shape index (κ3) is 4.49. The van der Waals surface area contributed by atoms with Gasteiger partial charge in [0.2, 0.25) is 5.91 Å². The number of pyridine rings is 1. The molecule has 2 N–H and O–H groups in total. The zero-order valence-electron chi connectivity index (χ0n) is 12.2. The van der Waals surface area contributed by atoms with Gasteiger partial charge < -0.3 is 15.4 Å². The summed E-state index contributed by atoms with van der Waals surface area (Å²) in [5.41, 5.74) is 1.59. The Balaban J connectivity index is 2.00. The van der Waals surface area contributed by atoms with Gasteiger partial charge in [-0.3, -0.25) is 4.79 Å². The van der Waals surface area contributed by atoms with Crippen LogP contribution in [0.1, 0.15) is 19.8 Å². The molecule has 21 heavy (non-hydrogen) atoms. The molecule has 5 heteroatoms. The van der Waals surface area contributed by atoms with Gasteiger partial charge in [0, 0.05) is 18.2 Å². The van der Waals surface area contributed by atoms with Crippen LogP contribution in [0.15, 0.2) is 42.6 Å². The van der Waals surface area contributed by atoms with Gasteiger partial charge in [-0.1, -0.05) is 13.0 Å². The second-order valence-corrected chi connectivity index (χ2v) is 4.59. The number of carbonyl (C=O) groups excluding carboxylic acids is 1. The van der Waals surface area contributed by atoms with Gasteiger partial charge >= 0.3 is 0 Å². The molecule has 110 valence electrons. The number of hydrogen-bond acceptors (Lipinski definition) is 4. The molecule has 0 spiro atoms. The highest BCUT2D eigenvalue weighted by atomic mass is 16.5. The lowest BCUT2D eigenvalue weighted by Gasteiger charge is -2.08. The van der Waals surface area contributed by atoms with Crippen LogP contribution in [-0.2, 0) is 4.79 Å².